The molecule has 1 aromatic rings. The second kappa shape index (κ2) is 4.34. The number of fused-ring (bicyclic) bond motifs is 1. The van der Waals surface area contributed by atoms with E-state index in [1.807, 2.05) is 19.1 Å². The van der Waals surface area contributed by atoms with Crippen LogP contribution in [0.4, 0.5) is 11.4 Å². The second-order valence-corrected chi connectivity index (χ2v) is 4.64. The normalized spacial score (nSPS) is 23.2. The predicted molar refractivity (Wildman–Crippen MR) is 68.0 cm³/mol. The largest absolute Gasteiger partial charge is 0.391 e. The molecule has 2 N–H and O–H groups in total. The highest BCUT2D eigenvalue weighted by molar-refractivity contribution is 5.73. The first-order chi connectivity index (χ1) is 7.61. The number of hydrogen-bond acceptors (Lipinski definition) is 3. The average molecular weight is 220 g/mol. The van der Waals surface area contributed by atoms with Crippen molar-refractivity contribution in [3.8, 4) is 0 Å². The molecular weight excluding hydrogens is 200 g/mol. The van der Waals surface area contributed by atoms with Crippen molar-refractivity contribution in [2.45, 2.75) is 39.0 Å². The van der Waals surface area contributed by atoms with Gasteiger partial charge in [0, 0.05) is 12.6 Å². The molecule has 0 radical (unpaired) electrons. The van der Waals surface area contributed by atoms with Crippen LogP contribution in [0.5, 0.6) is 0 Å². The highest BCUT2D eigenvalue weighted by Crippen LogP contribution is 2.33. The van der Waals surface area contributed by atoms with Crippen LogP contribution in [-0.4, -0.2) is 29.8 Å². The lowest BCUT2D eigenvalue weighted by atomic mass is 10.0. The first-order valence-corrected chi connectivity index (χ1v) is 5.90. The van der Waals surface area contributed by atoms with Gasteiger partial charge in [-0.2, -0.15) is 0 Å². The van der Waals surface area contributed by atoms with E-state index in [1.165, 1.54) is 5.69 Å². The average Bonchev–Trinajstić information content (AvgIpc) is 2.28. The van der Waals surface area contributed by atoms with Crippen molar-refractivity contribution >= 4 is 11.4 Å². The molecule has 2 rings (SSSR count). The van der Waals surface area contributed by atoms with Gasteiger partial charge in [0.1, 0.15) is 0 Å². The van der Waals surface area contributed by atoms with Crippen LogP contribution >= 0.6 is 0 Å². The standard InChI is InChI=1S/C13H20N2O/c1-9-8-14-12-6-4-5-7-13(12)15(9)10(2)11(3)16/h4-7,9-11,14,16H,8H2,1-3H3. The summed E-state index contributed by atoms with van der Waals surface area (Å²) in [6.45, 7) is 7.03. The SMILES string of the molecule is CC(O)C(C)N1c2ccccc2NCC1C. The van der Waals surface area contributed by atoms with E-state index in [1.54, 1.807) is 0 Å². The van der Waals surface area contributed by atoms with E-state index < -0.39 is 0 Å². The third-order valence-corrected chi connectivity index (χ3v) is 3.38. The van der Waals surface area contributed by atoms with Crippen molar-refractivity contribution in [2.75, 3.05) is 16.8 Å². The Hall–Kier alpha value is -1.22. The monoisotopic (exact) mass is 220 g/mol. The Morgan fingerprint density at radius 2 is 2.06 bits per heavy atom. The molecule has 3 atom stereocenters. The number of benzene rings is 1. The molecule has 16 heavy (non-hydrogen) atoms. The molecule has 0 spiro atoms. The molecule has 0 bridgehead atoms. The van der Waals surface area contributed by atoms with Crippen LogP contribution in [0.1, 0.15) is 20.8 Å². The van der Waals surface area contributed by atoms with E-state index >= 15 is 0 Å². The number of para-hydroxylation sites is 2. The van der Waals surface area contributed by atoms with Gasteiger partial charge in [0.25, 0.3) is 0 Å². The fourth-order valence-corrected chi connectivity index (χ4v) is 2.29. The Labute approximate surface area is 97.1 Å². The Balaban J connectivity index is 2.36. The molecule has 0 aliphatic carbocycles. The number of anilines is 2. The fraction of sp³-hybridized carbons (Fsp3) is 0.538. The van der Waals surface area contributed by atoms with Gasteiger partial charge >= 0.3 is 0 Å². The van der Waals surface area contributed by atoms with Gasteiger partial charge in [0.05, 0.1) is 23.5 Å². The highest BCUT2D eigenvalue weighted by Gasteiger charge is 2.28. The fourth-order valence-electron chi connectivity index (χ4n) is 2.29. The van der Waals surface area contributed by atoms with E-state index in [-0.39, 0.29) is 12.1 Å². The Morgan fingerprint density at radius 1 is 1.38 bits per heavy atom. The lowest BCUT2D eigenvalue weighted by Crippen LogP contribution is -2.50. The number of nitrogens with one attached hydrogen (secondary N) is 1. The summed E-state index contributed by atoms with van der Waals surface area (Å²) < 4.78 is 0. The van der Waals surface area contributed by atoms with Crippen LogP contribution in [0.15, 0.2) is 24.3 Å². The number of aliphatic hydroxyl groups excluding tert-OH is 1. The third-order valence-electron chi connectivity index (χ3n) is 3.38. The van der Waals surface area contributed by atoms with Gasteiger partial charge < -0.3 is 15.3 Å². The zero-order valence-electron chi connectivity index (χ0n) is 10.1. The van der Waals surface area contributed by atoms with E-state index in [9.17, 15) is 5.11 Å². The molecule has 1 heterocycles. The van der Waals surface area contributed by atoms with E-state index in [4.69, 9.17) is 0 Å². The molecule has 3 heteroatoms. The number of rotatable bonds is 2. The minimum absolute atomic E-state index is 0.137. The van der Waals surface area contributed by atoms with Crippen LogP contribution in [0.3, 0.4) is 0 Å². The Kier molecular flexibility index (Phi) is 3.06. The minimum atomic E-state index is -0.325. The van der Waals surface area contributed by atoms with Gasteiger partial charge in [-0.05, 0) is 32.9 Å². The molecular formula is C13H20N2O. The molecule has 88 valence electrons. The molecule has 3 unspecified atom stereocenters. The summed E-state index contributed by atoms with van der Waals surface area (Å²) in [5.74, 6) is 0. The lowest BCUT2D eigenvalue weighted by Gasteiger charge is -2.42. The smallest absolute Gasteiger partial charge is 0.0712 e. The summed E-state index contributed by atoms with van der Waals surface area (Å²) in [7, 11) is 0. The third kappa shape index (κ3) is 1.87. The molecule has 3 nitrogen and oxygen atoms in total. The first-order valence-electron chi connectivity index (χ1n) is 5.90. The van der Waals surface area contributed by atoms with Crippen LogP contribution in [0, 0.1) is 0 Å². The van der Waals surface area contributed by atoms with Gasteiger partial charge in [0.15, 0.2) is 0 Å². The van der Waals surface area contributed by atoms with E-state index in [0.29, 0.717) is 6.04 Å². The zero-order chi connectivity index (χ0) is 11.7. The van der Waals surface area contributed by atoms with Gasteiger partial charge in [-0.25, -0.2) is 0 Å². The minimum Gasteiger partial charge on any atom is -0.391 e. The van der Waals surface area contributed by atoms with E-state index in [0.717, 1.165) is 12.2 Å². The molecule has 0 saturated carbocycles. The van der Waals surface area contributed by atoms with Gasteiger partial charge in [-0.15, -0.1) is 0 Å². The lowest BCUT2D eigenvalue weighted by molar-refractivity contribution is 0.162. The summed E-state index contributed by atoms with van der Waals surface area (Å²) in [6, 6.07) is 8.81. The van der Waals surface area contributed by atoms with Crippen LogP contribution < -0.4 is 10.2 Å². The summed E-state index contributed by atoms with van der Waals surface area (Å²) in [5.41, 5.74) is 2.35. The second-order valence-electron chi connectivity index (χ2n) is 4.64. The maximum atomic E-state index is 9.75. The predicted octanol–water partition coefficient (Wildman–Crippen LogP) is 2.08. The van der Waals surface area contributed by atoms with Gasteiger partial charge in [-0.3, -0.25) is 0 Å². The van der Waals surface area contributed by atoms with E-state index in [2.05, 4.69) is 36.2 Å². The van der Waals surface area contributed by atoms with Crippen molar-refractivity contribution in [2.24, 2.45) is 0 Å². The summed E-state index contributed by atoms with van der Waals surface area (Å²) in [4.78, 5) is 2.30. The quantitative estimate of drug-likeness (QED) is 0.801. The van der Waals surface area contributed by atoms with Crippen molar-refractivity contribution in [3.05, 3.63) is 24.3 Å². The van der Waals surface area contributed by atoms with Gasteiger partial charge in [-0.1, -0.05) is 12.1 Å². The highest BCUT2D eigenvalue weighted by atomic mass is 16.3. The molecule has 0 saturated heterocycles. The van der Waals surface area contributed by atoms with Crippen molar-refractivity contribution < 1.29 is 5.11 Å². The molecule has 1 aliphatic rings. The number of hydrogen-bond donors (Lipinski definition) is 2. The molecule has 0 fully saturated rings. The summed E-state index contributed by atoms with van der Waals surface area (Å²) >= 11 is 0. The number of aliphatic hydroxyl groups is 1. The van der Waals surface area contributed by atoms with Crippen molar-refractivity contribution in [1.29, 1.82) is 0 Å². The Morgan fingerprint density at radius 3 is 2.75 bits per heavy atom. The maximum Gasteiger partial charge on any atom is 0.0712 e. The summed E-state index contributed by atoms with van der Waals surface area (Å²) in [6.07, 6.45) is -0.325. The molecule has 0 amide bonds. The van der Waals surface area contributed by atoms with Crippen LogP contribution in [0.2, 0.25) is 0 Å². The molecule has 0 aromatic heterocycles. The van der Waals surface area contributed by atoms with Crippen molar-refractivity contribution in [1.82, 2.24) is 0 Å². The maximum absolute atomic E-state index is 9.75. The topological polar surface area (TPSA) is 35.5 Å². The molecule has 1 aromatic carbocycles. The van der Waals surface area contributed by atoms with Gasteiger partial charge in [0.2, 0.25) is 0 Å². The zero-order valence-corrected chi connectivity index (χ0v) is 10.1. The Bertz CT molecular complexity index is 365. The number of nitrogens with zero attached hydrogens (tertiary/aromatic N) is 1. The van der Waals surface area contributed by atoms with Crippen molar-refractivity contribution in [3.63, 3.8) is 0 Å². The first kappa shape index (κ1) is 11.3. The van der Waals surface area contributed by atoms with Crippen LogP contribution in [-0.2, 0) is 0 Å². The van der Waals surface area contributed by atoms with Crippen LogP contribution in [0.25, 0.3) is 0 Å². The summed E-state index contributed by atoms with van der Waals surface area (Å²) in [5, 5.41) is 13.2. The molecule has 1 aliphatic heterocycles.